The number of alkyl halides is 1. The van der Waals surface area contributed by atoms with Gasteiger partial charge in [-0.3, -0.25) is 18.6 Å². The van der Waals surface area contributed by atoms with Crippen molar-refractivity contribution in [1.82, 2.24) is 0 Å². The number of carbonyl (C=O) groups excluding carboxylic acids is 3. The van der Waals surface area contributed by atoms with Crippen LogP contribution in [0.5, 0.6) is 0 Å². The normalized spacial score (nSPS) is 26.0. The number of hydrogen-bond donors (Lipinski definition) is 0. The molecule has 0 saturated carbocycles. The molecule has 1 aliphatic rings. The molecule has 1 aliphatic heterocycles. The van der Waals surface area contributed by atoms with Gasteiger partial charge in [0, 0.05) is 20.8 Å². The van der Waals surface area contributed by atoms with Crippen LogP contribution in [0.15, 0.2) is 29.2 Å². The highest BCUT2D eigenvalue weighted by atomic mass is 79.9. The Balaban J connectivity index is 2.29. The fraction of sp³-hybridized carbons (Fsp3) is 0.526. The summed E-state index contributed by atoms with van der Waals surface area (Å²) in [6.07, 6.45) is -4.88. The van der Waals surface area contributed by atoms with Gasteiger partial charge in [-0.2, -0.15) is 8.42 Å². The number of halogens is 1. The standard InChI is InChI=1S/C19H23BrO10S/c1-10-5-7-14(8-6-10)31(24,25)26-9-15-16(27-11(2)21)17(28-12(3)22)18(19(20)30-15)29-13(4)23/h5-8,15-19H,9H2,1-4H3/t15-,16+,17+,18-,19+/m1/s1. The lowest BCUT2D eigenvalue weighted by molar-refractivity contribution is -0.233. The van der Waals surface area contributed by atoms with Gasteiger partial charge < -0.3 is 18.9 Å². The third-order valence-corrected chi connectivity index (χ3v) is 6.21. The Morgan fingerprint density at radius 3 is 1.90 bits per heavy atom. The van der Waals surface area contributed by atoms with Crippen molar-refractivity contribution < 1.29 is 45.9 Å². The molecule has 0 radical (unpaired) electrons. The van der Waals surface area contributed by atoms with Crippen LogP contribution in [-0.2, 0) is 47.6 Å². The zero-order chi connectivity index (χ0) is 23.3. The molecule has 5 atom stereocenters. The number of ether oxygens (including phenoxy) is 4. The monoisotopic (exact) mass is 522 g/mol. The van der Waals surface area contributed by atoms with Crippen LogP contribution in [0.4, 0.5) is 0 Å². The van der Waals surface area contributed by atoms with E-state index < -0.39 is 64.1 Å². The van der Waals surface area contributed by atoms with E-state index >= 15 is 0 Å². The molecule has 10 nitrogen and oxygen atoms in total. The maximum atomic E-state index is 12.5. The highest BCUT2D eigenvalue weighted by Crippen LogP contribution is 2.32. The summed E-state index contributed by atoms with van der Waals surface area (Å²) < 4.78 is 51.4. The minimum Gasteiger partial charge on any atom is -0.456 e. The SMILES string of the molecule is CC(=O)O[C@@H]1[C@@H](OC(C)=O)[C@@H](Br)O[C@H](COS(=O)(=O)c2ccc(C)cc2)[C@@H]1OC(C)=O. The lowest BCUT2D eigenvalue weighted by Crippen LogP contribution is -2.60. The zero-order valence-electron chi connectivity index (χ0n) is 17.3. The summed E-state index contributed by atoms with van der Waals surface area (Å²) in [5.74, 6) is -2.16. The first-order chi connectivity index (χ1) is 14.4. The molecule has 1 fully saturated rings. The maximum Gasteiger partial charge on any atom is 0.303 e. The number of hydrogen-bond acceptors (Lipinski definition) is 10. The summed E-state index contributed by atoms with van der Waals surface area (Å²) in [6, 6.07) is 6.01. The maximum absolute atomic E-state index is 12.5. The summed E-state index contributed by atoms with van der Waals surface area (Å²) >= 11 is 3.18. The van der Waals surface area contributed by atoms with Gasteiger partial charge in [0.1, 0.15) is 6.10 Å². The van der Waals surface area contributed by atoms with E-state index in [4.69, 9.17) is 23.1 Å². The van der Waals surface area contributed by atoms with Crippen LogP contribution in [0.25, 0.3) is 0 Å². The highest BCUT2D eigenvalue weighted by molar-refractivity contribution is 9.09. The average Bonchev–Trinajstić information content (AvgIpc) is 2.65. The van der Waals surface area contributed by atoms with E-state index in [9.17, 15) is 22.8 Å². The predicted octanol–water partition coefficient (Wildman–Crippen LogP) is 1.62. The predicted molar refractivity (Wildman–Crippen MR) is 109 cm³/mol. The van der Waals surface area contributed by atoms with Gasteiger partial charge in [-0.15, -0.1) is 0 Å². The van der Waals surface area contributed by atoms with Gasteiger partial charge in [-0.1, -0.05) is 33.6 Å². The molecule has 0 amide bonds. The third-order valence-electron chi connectivity index (χ3n) is 4.18. The Bertz CT molecular complexity index is 914. The van der Waals surface area contributed by atoms with Crippen LogP contribution in [0.3, 0.4) is 0 Å². The van der Waals surface area contributed by atoms with Gasteiger partial charge in [0.15, 0.2) is 23.3 Å². The Morgan fingerprint density at radius 1 is 0.903 bits per heavy atom. The number of benzene rings is 1. The molecule has 0 unspecified atom stereocenters. The van der Waals surface area contributed by atoms with Crippen molar-refractivity contribution in [2.45, 2.75) is 62.0 Å². The van der Waals surface area contributed by atoms with Crippen molar-refractivity contribution in [2.75, 3.05) is 6.61 Å². The first-order valence-electron chi connectivity index (χ1n) is 9.18. The van der Waals surface area contributed by atoms with Gasteiger partial charge >= 0.3 is 17.9 Å². The van der Waals surface area contributed by atoms with E-state index in [0.29, 0.717) is 0 Å². The molecule has 1 heterocycles. The third kappa shape index (κ3) is 6.99. The summed E-state index contributed by atoms with van der Waals surface area (Å²) in [4.78, 5) is 34.7. The number of carbonyl (C=O) groups is 3. The first kappa shape index (κ1) is 25.2. The molecule has 1 aromatic carbocycles. The Kier molecular flexibility index (Phi) is 8.57. The van der Waals surface area contributed by atoms with Crippen molar-refractivity contribution >= 4 is 44.0 Å². The smallest absolute Gasteiger partial charge is 0.303 e. The van der Waals surface area contributed by atoms with E-state index in [1.807, 2.05) is 6.92 Å². The fourth-order valence-electron chi connectivity index (χ4n) is 2.91. The van der Waals surface area contributed by atoms with Crippen molar-refractivity contribution in [2.24, 2.45) is 0 Å². The largest absolute Gasteiger partial charge is 0.456 e. The molecule has 2 rings (SSSR count). The minimum absolute atomic E-state index is 0.0670. The molecule has 31 heavy (non-hydrogen) atoms. The highest BCUT2D eigenvalue weighted by Gasteiger charge is 2.51. The van der Waals surface area contributed by atoms with E-state index in [1.165, 1.54) is 12.1 Å². The van der Waals surface area contributed by atoms with Crippen molar-refractivity contribution in [3.63, 3.8) is 0 Å². The van der Waals surface area contributed by atoms with Gasteiger partial charge in [-0.05, 0) is 19.1 Å². The van der Waals surface area contributed by atoms with Crippen LogP contribution in [0.2, 0.25) is 0 Å². The van der Waals surface area contributed by atoms with Crippen LogP contribution < -0.4 is 0 Å². The van der Waals surface area contributed by atoms with Crippen LogP contribution in [0, 0.1) is 6.92 Å². The number of aryl methyl sites for hydroxylation is 1. The lowest BCUT2D eigenvalue weighted by Gasteiger charge is -2.42. The molecule has 0 aliphatic carbocycles. The Labute approximate surface area is 188 Å². The molecule has 172 valence electrons. The van der Waals surface area contributed by atoms with E-state index in [0.717, 1.165) is 26.3 Å². The summed E-state index contributed by atoms with van der Waals surface area (Å²) in [7, 11) is -4.15. The molecule has 0 bridgehead atoms. The Hall–Kier alpha value is -2.02. The lowest BCUT2D eigenvalue weighted by atomic mass is 9.99. The van der Waals surface area contributed by atoms with E-state index in [-0.39, 0.29) is 4.90 Å². The van der Waals surface area contributed by atoms with Crippen molar-refractivity contribution in [3.05, 3.63) is 29.8 Å². The second kappa shape index (κ2) is 10.5. The van der Waals surface area contributed by atoms with E-state index in [1.54, 1.807) is 12.1 Å². The summed E-state index contributed by atoms with van der Waals surface area (Å²) in [6.45, 7) is 4.64. The van der Waals surface area contributed by atoms with Crippen molar-refractivity contribution in [3.8, 4) is 0 Å². The molecular formula is C19H23BrO10S. The van der Waals surface area contributed by atoms with Gasteiger partial charge in [0.05, 0.1) is 11.5 Å². The average molecular weight is 523 g/mol. The van der Waals surface area contributed by atoms with Gasteiger partial charge in [0.25, 0.3) is 10.1 Å². The second-order valence-electron chi connectivity index (χ2n) is 6.80. The topological polar surface area (TPSA) is 132 Å². The van der Waals surface area contributed by atoms with Gasteiger partial charge in [0.2, 0.25) is 0 Å². The van der Waals surface area contributed by atoms with Gasteiger partial charge in [-0.25, -0.2) is 0 Å². The Morgan fingerprint density at radius 2 is 1.39 bits per heavy atom. The second-order valence-corrected chi connectivity index (χ2v) is 9.32. The molecule has 1 aromatic rings. The number of rotatable bonds is 7. The zero-order valence-corrected chi connectivity index (χ0v) is 19.7. The number of esters is 3. The molecule has 0 aromatic heterocycles. The summed E-state index contributed by atoms with van der Waals surface area (Å²) in [5.41, 5.74) is 0.868. The first-order valence-corrected chi connectivity index (χ1v) is 11.5. The van der Waals surface area contributed by atoms with Crippen molar-refractivity contribution in [1.29, 1.82) is 0 Å². The molecule has 0 spiro atoms. The fourth-order valence-corrected chi connectivity index (χ4v) is 4.51. The molecular weight excluding hydrogens is 500 g/mol. The van der Waals surface area contributed by atoms with E-state index in [2.05, 4.69) is 15.9 Å². The quantitative estimate of drug-likeness (QED) is 0.225. The van der Waals surface area contributed by atoms with Crippen LogP contribution in [-0.4, -0.2) is 62.4 Å². The molecule has 1 saturated heterocycles. The minimum atomic E-state index is -4.15. The van der Waals surface area contributed by atoms with Crippen LogP contribution in [0.1, 0.15) is 26.3 Å². The molecule has 0 N–H and O–H groups in total. The molecule has 12 heteroatoms. The summed E-state index contributed by atoms with van der Waals surface area (Å²) in [5, 5.41) is -0.997. The van der Waals surface area contributed by atoms with Crippen LogP contribution >= 0.6 is 15.9 Å².